The quantitative estimate of drug-likeness (QED) is 0.855. The molecule has 2 aromatic rings. The number of fused-ring (bicyclic) bond motifs is 3. The third-order valence-corrected chi connectivity index (χ3v) is 4.73. The Morgan fingerprint density at radius 2 is 1.96 bits per heavy atom. The molecule has 0 spiro atoms. The summed E-state index contributed by atoms with van der Waals surface area (Å²) in [4.78, 5) is 12.1. The van der Waals surface area contributed by atoms with Gasteiger partial charge in [-0.3, -0.25) is 4.79 Å². The molecular weight excluding hydrogens is 342 g/mol. The minimum Gasteiger partial charge on any atom is -0.488 e. The molecule has 5 nitrogen and oxygen atoms in total. The molecular formula is C19H14F2N2O3. The van der Waals surface area contributed by atoms with Crippen molar-refractivity contribution in [3.63, 3.8) is 0 Å². The van der Waals surface area contributed by atoms with Gasteiger partial charge in [0.15, 0.2) is 11.8 Å². The predicted molar refractivity (Wildman–Crippen MR) is 87.6 cm³/mol. The van der Waals surface area contributed by atoms with E-state index in [1.807, 2.05) is 0 Å². The van der Waals surface area contributed by atoms with Gasteiger partial charge in [0.2, 0.25) is 0 Å². The Balaban J connectivity index is 1.81. The minimum absolute atomic E-state index is 0.0223. The Morgan fingerprint density at radius 1 is 1.19 bits per heavy atom. The summed E-state index contributed by atoms with van der Waals surface area (Å²) < 4.78 is 39.5. The van der Waals surface area contributed by atoms with E-state index in [2.05, 4.69) is 0 Å². The molecule has 2 heterocycles. The van der Waals surface area contributed by atoms with Crippen LogP contribution in [0, 0.1) is 23.0 Å². The van der Waals surface area contributed by atoms with E-state index in [0.717, 1.165) is 0 Å². The number of Topliss-reactive ketones (excluding diaryl/α,β-unsaturated/α-hetero) is 1. The van der Waals surface area contributed by atoms with Crippen LogP contribution in [0.15, 0.2) is 24.3 Å². The zero-order valence-electron chi connectivity index (χ0n) is 13.6. The zero-order chi connectivity index (χ0) is 18.4. The van der Waals surface area contributed by atoms with E-state index in [4.69, 9.17) is 20.5 Å². The molecule has 0 aliphatic carbocycles. The number of ketones is 1. The third-order valence-electron chi connectivity index (χ3n) is 4.73. The number of hydrogen-bond acceptors (Lipinski definition) is 5. The van der Waals surface area contributed by atoms with Crippen molar-refractivity contribution in [2.24, 2.45) is 5.73 Å². The molecule has 1 fully saturated rings. The van der Waals surface area contributed by atoms with E-state index in [0.29, 0.717) is 41.2 Å². The Kier molecular flexibility index (Phi) is 3.94. The number of carbonyl (C=O) groups is 1. The topological polar surface area (TPSA) is 85.3 Å². The van der Waals surface area contributed by atoms with Gasteiger partial charge in [-0.15, -0.1) is 0 Å². The fourth-order valence-corrected chi connectivity index (χ4v) is 3.18. The van der Waals surface area contributed by atoms with E-state index in [9.17, 15) is 13.6 Å². The molecule has 1 unspecified atom stereocenters. The number of halogens is 2. The second-order valence-corrected chi connectivity index (χ2v) is 6.35. The lowest BCUT2D eigenvalue weighted by Gasteiger charge is -2.29. The molecule has 0 bridgehead atoms. The minimum atomic E-state index is -1.45. The normalized spacial score (nSPS) is 16.5. The summed E-state index contributed by atoms with van der Waals surface area (Å²) in [5.74, 6) is -1.67. The predicted octanol–water partition coefficient (Wildman–Crippen LogP) is 2.67. The van der Waals surface area contributed by atoms with Crippen LogP contribution in [-0.4, -0.2) is 25.0 Å². The van der Waals surface area contributed by atoms with Gasteiger partial charge in [-0.05, 0) is 35.4 Å². The molecule has 0 aromatic heterocycles. The summed E-state index contributed by atoms with van der Waals surface area (Å²) in [5, 5.41) is 8.77. The maximum Gasteiger partial charge on any atom is 0.197 e. The summed E-state index contributed by atoms with van der Waals surface area (Å²) in [6.07, 6.45) is 0. The second-order valence-electron chi connectivity index (χ2n) is 6.35. The Hall–Kier alpha value is -2.82. The maximum absolute atomic E-state index is 14.5. The highest BCUT2D eigenvalue weighted by Crippen LogP contribution is 2.41. The first kappa shape index (κ1) is 16.6. The highest BCUT2D eigenvalue weighted by Gasteiger charge is 2.29. The molecule has 0 amide bonds. The third kappa shape index (κ3) is 2.55. The molecule has 0 radical (unpaired) electrons. The van der Waals surface area contributed by atoms with Crippen molar-refractivity contribution in [1.29, 1.82) is 5.26 Å². The zero-order valence-corrected chi connectivity index (χ0v) is 13.6. The Labute approximate surface area is 147 Å². The lowest BCUT2D eigenvalue weighted by atomic mass is 9.88. The van der Waals surface area contributed by atoms with Crippen molar-refractivity contribution >= 4 is 5.78 Å². The average Bonchev–Trinajstić information content (AvgIpc) is 2.59. The molecule has 0 saturated carbocycles. The van der Waals surface area contributed by atoms with Crippen molar-refractivity contribution < 1.29 is 23.0 Å². The van der Waals surface area contributed by atoms with E-state index in [1.54, 1.807) is 12.1 Å². The Bertz CT molecular complexity index is 964. The van der Waals surface area contributed by atoms with Gasteiger partial charge >= 0.3 is 0 Å². The summed E-state index contributed by atoms with van der Waals surface area (Å²) in [6, 6.07) is 5.66. The van der Waals surface area contributed by atoms with Gasteiger partial charge in [-0.1, -0.05) is 0 Å². The first-order valence-electron chi connectivity index (χ1n) is 8.05. The van der Waals surface area contributed by atoms with Crippen LogP contribution in [-0.2, 0) is 11.3 Å². The smallest absolute Gasteiger partial charge is 0.197 e. The number of carbonyl (C=O) groups excluding carboxylic acids is 1. The summed E-state index contributed by atoms with van der Waals surface area (Å²) in [7, 11) is 0. The first-order chi connectivity index (χ1) is 12.5. The first-order valence-corrected chi connectivity index (χ1v) is 8.05. The van der Waals surface area contributed by atoms with Crippen LogP contribution >= 0.6 is 0 Å². The van der Waals surface area contributed by atoms with E-state index < -0.39 is 17.6 Å². The van der Waals surface area contributed by atoms with Crippen molar-refractivity contribution in [2.45, 2.75) is 18.6 Å². The van der Waals surface area contributed by atoms with Gasteiger partial charge in [-0.25, -0.2) is 8.78 Å². The fourth-order valence-electron chi connectivity index (χ4n) is 3.18. The van der Waals surface area contributed by atoms with Gasteiger partial charge in [0.05, 0.1) is 24.8 Å². The number of nitrogens with two attached hydrogens (primary N) is 1. The molecule has 2 aliphatic heterocycles. The molecule has 4 rings (SSSR count). The highest BCUT2D eigenvalue weighted by atomic mass is 19.1. The lowest BCUT2D eigenvalue weighted by Crippen LogP contribution is -2.29. The van der Waals surface area contributed by atoms with Crippen molar-refractivity contribution in [3.8, 4) is 22.9 Å². The van der Waals surface area contributed by atoms with Crippen molar-refractivity contribution in [1.82, 2.24) is 0 Å². The largest absolute Gasteiger partial charge is 0.488 e. The van der Waals surface area contributed by atoms with Crippen LogP contribution in [0.1, 0.15) is 27.4 Å². The highest BCUT2D eigenvalue weighted by molar-refractivity contribution is 6.03. The molecule has 2 aliphatic rings. The molecule has 1 saturated heterocycles. The van der Waals surface area contributed by atoms with E-state index in [-0.39, 0.29) is 23.9 Å². The van der Waals surface area contributed by atoms with Gasteiger partial charge in [-0.2, -0.15) is 5.26 Å². The van der Waals surface area contributed by atoms with Crippen LogP contribution in [0.5, 0.6) is 5.75 Å². The standard InChI is InChI=1S/C19H14F2N2O3/c20-15-1-9-8-26-18-4-14(19(24)17(23)5-22)16(21)3-13(18)11(9)2-12(15)10-6-25-7-10/h1-4,10,17H,6-8,23H2. The number of hydrogen-bond donors (Lipinski definition) is 1. The lowest BCUT2D eigenvalue weighted by molar-refractivity contribution is 0.00703. The number of rotatable bonds is 3. The number of nitrogens with zero attached hydrogens (tertiary/aromatic N) is 1. The van der Waals surface area contributed by atoms with Crippen LogP contribution in [0.4, 0.5) is 8.78 Å². The van der Waals surface area contributed by atoms with Crippen molar-refractivity contribution in [2.75, 3.05) is 13.2 Å². The van der Waals surface area contributed by atoms with Crippen LogP contribution < -0.4 is 10.5 Å². The molecule has 2 N–H and O–H groups in total. The molecule has 2 aromatic carbocycles. The Morgan fingerprint density at radius 3 is 2.62 bits per heavy atom. The molecule has 26 heavy (non-hydrogen) atoms. The van der Waals surface area contributed by atoms with E-state index in [1.165, 1.54) is 18.2 Å². The monoisotopic (exact) mass is 356 g/mol. The molecule has 7 heteroatoms. The molecule has 1 atom stereocenters. The summed E-state index contributed by atoms with van der Waals surface area (Å²) in [5.41, 5.74) is 7.32. The fraction of sp³-hybridized carbons (Fsp3) is 0.263. The summed E-state index contributed by atoms with van der Waals surface area (Å²) >= 11 is 0. The van der Waals surface area contributed by atoms with Gasteiger partial charge < -0.3 is 15.2 Å². The van der Waals surface area contributed by atoms with E-state index >= 15 is 0 Å². The second kappa shape index (κ2) is 6.16. The van der Waals surface area contributed by atoms with Gasteiger partial charge in [0.25, 0.3) is 0 Å². The van der Waals surface area contributed by atoms with Gasteiger partial charge in [0.1, 0.15) is 24.0 Å². The van der Waals surface area contributed by atoms with Crippen LogP contribution in [0.2, 0.25) is 0 Å². The number of nitriles is 1. The van der Waals surface area contributed by atoms with Crippen LogP contribution in [0.3, 0.4) is 0 Å². The number of benzene rings is 2. The number of ether oxygens (including phenoxy) is 2. The SMILES string of the molecule is N#CC(N)C(=O)c1cc2c(cc1F)-c1cc(C3COC3)c(F)cc1CO2. The van der Waals surface area contributed by atoms with Crippen molar-refractivity contribution in [3.05, 3.63) is 52.6 Å². The average molecular weight is 356 g/mol. The van der Waals surface area contributed by atoms with Crippen LogP contribution in [0.25, 0.3) is 11.1 Å². The van der Waals surface area contributed by atoms with Gasteiger partial charge in [0, 0.05) is 17.0 Å². The maximum atomic E-state index is 14.5. The summed E-state index contributed by atoms with van der Waals surface area (Å²) in [6.45, 7) is 1.00. The molecule has 132 valence electrons.